The van der Waals surface area contributed by atoms with Gasteiger partial charge in [-0.3, -0.25) is 13.9 Å². The summed E-state index contributed by atoms with van der Waals surface area (Å²) in [6.45, 7) is 3.58. The normalized spacial score (nSPS) is 12.0. The Labute approximate surface area is 261 Å². The van der Waals surface area contributed by atoms with Gasteiger partial charge in [-0.05, 0) is 54.8 Å². The van der Waals surface area contributed by atoms with Crippen molar-refractivity contribution in [1.82, 2.24) is 10.2 Å². The quantitative estimate of drug-likeness (QED) is 0.197. The van der Waals surface area contributed by atoms with Crippen molar-refractivity contribution in [2.45, 2.75) is 50.6 Å². The number of hydrogen-bond donors (Lipinski definition) is 1. The summed E-state index contributed by atoms with van der Waals surface area (Å²) in [5.74, 6) is -0.961. The number of anilines is 1. The maximum absolute atomic E-state index is 14.1. The van der Waals surface area contributed by atoms with Crippen molar-refractivity contribution in [3.05, 3.63) is 92.4 Å². The highest BCUT2D eigenvalue weighted by molar-refractivity contribution is 7.92. The summed E-state index contributed by atoms with van der Waals surface area (Å²) in [7, 11) is -4.27. The molecule has 0 spiro atoms. The molecular weight excluding hydrogens is 628 g/mol. The molecule has 0 saturated carbocycles. The SMILES string of the molecule is CCCCNC(=O)[C@@H](CC)N(Cc1ccc(Cl)c(Cl)c1)C(=O)CN(c1cccc(Cl)c1Cl)S(=O)(=O)c1ccccc1. The molecule has 3 aromatic carbocycles. The summed E-state index contributed by atoms with van der Waals surface area (Å²) < 4.78 is 28.7. The number of nitrogens with zero attached hydrogens (tertiary/aromatic N) is 2. The van der Waals surface area contributed by atoms with Crippen LogP contribution in [0.5, 0.6) is 0 Å². The van der Waals surface area contributed by atoms with Crippen molar-refractivity contribution < 1.29 is 18.0 Å². The molecule has 12 heteroatoms. The third-order valence-electron chi connectivity index (χ3n) is 6.36. The van der Waals surface area contributed by atoms with E-state index in [1.165, 1.54) is 29.2 Å². The highest BCUT2D eigenvalue weighted by atomic mass is 35.5. The minimum absolute atomic E-state index is 0.0159. The number of amides is 2. The molecule has 0 fully saturated rings. The van der Waals surface area contributed by atoms with Gasteiger partial charge in [0.2, 0.25) is 11.8 Å². The fourth-order valence-corrected chi connectivity index (χ4v) is 6.39. The van der Waals surface area contributed by atoms with E-state index in [0.717, 1.165) is 17.1 Å². The van der Waals surface area contributed by atoms with E-state index in [-0.39, 0.29) is 44.5 Å². The van der Waals surface area contributed by atoms with Gasteiger partial charge in [0, 0.05) is 13.1 Å². The van der Waals surface area contributed by atoms with Crippen LogP contribution in [0.15, 0.2) is 71.6 Å². The summed E-state index contributed by atoms with van der Waals surface area (Å²) in [6.07, 6.45) is 1.95. The van der Waals surface area contributed by atoms with E-state index in [0.29, 0.717) is 17.1 Å². The van der Waals surface area contributed by atoms with Crippen LogP contribution in [0.1, 0.15) is 38.7 Å². The van der Waals surface area contributed by atoms with Crippen molar-refractivity contribution in [3.63, 3.8) is 0 Å². The van der Waals surface area contributed by atoms with Gasteiger partial charge in [0.15, 0.2) is 0 Å². The summed E-state index contributed by atoms with van der Waals surface area (Å²) >= 11 is 25.0. The van der Waals surface area contributed by atoms with E-state index in [4.69, 9.17) is 46.4 Å². The molecule has 2 amide bonds. The largest absolute Gasteiger partial charge is 0.354 e. The predicted octanol–water partition coefficient (Wildman–Crippen LogP) is 7.22. The third kappa shape index (κ3) is 8.30. The van der Waals surface area contributed by atoms with Crippen LogP contribution in [-0.4, -0.2) is 44.3 Å². The van der Waals surface area contributed by atoms with E-state index in [1.807, 2.05) is 6.92 Å². The van der Waals surface area contributed by atoms with Crippen LogP contribution in [0.25, 0.3) is 0 Å². The Hall–Kier alpha value is -2.49. The summed E-state index contributed by atoms with van der Waals surface area (Å²) in [5.41, 5.74) is 0.650. The first-order valence-corrected chi connectivity index (χ1v) is 16.0. The molecule has 0 bridgehead atoms. The molecule has 41 heavy (non-hydrogen) atoms. The molecule has 0 saturated heterocycles. The molecule has 7 nitrogen and oxygen atoms in total. The van der Waals surface area contributed by atoms with Gasteiger partial charge in [-0.15, -0.1) is 0 Å². The standard InChI is InChI=1S/C29H31Cl4N3O4S/c1-3-5-16-34-29(38)25(4-2)35(18-20-14-15-22(30)24(32)17-20)27(37)19-36(26-13-9-12-23(31)28(26)33)41(39,40)21-10-7-6-8-11-21/h6-15,17,25H,3-5,16,18-19H2,1-2H3,(H,34,38)/t25-/m1/s1. The minimum atomic E-state index is -4.27. The van der Waals surface area contributed by atoms with E-state index < -0.39 is 28.5 Å². The fraction of sp³-hybridized carbons (Fsp3) is 0.310. The Bertz CT molecular complexity index is 1470. The second-order valence-corrected chi connectivity index (χ2v) is 12.7. The van der Waals surface area contributed by atoms with Crippen LogP contribution in [0.2, 0.25) is 20.1 Å². The van der Waals surface area contributed by atoms with Gasteiger partial charge in [0.1, 0.15) is 12.6 Å². The maximum atomic E-state index is 14.1. The molecule has 0 unspecified atom stereocenters. The first-order chi connectivity index (χ1) is 19.5. The van der Waals surface area contributed by atoms with E-state index >= 15 is 0 Å². The molecule has 220 valence electrons. The second kappa shape index (κ2) is 15.1. The number of carbonyl (C=O) groups is 2. The van der Waals surface area contributed by atoms with Crippen molar-refractivity contribution in [2.75, 3.05) is 17.4 Å². The lowest BCUT2D eigenvalue weighted by molar-refractivity contribution is -0.140. The average molecular weight is 659 g/mol. The molecule has 3 aromatic rings. The van der Waals surface area contributed by atoms with Crippen molar-refractivity contribution in [1.29, 1.82) is 0 Å². The molecule has 1 N–H and O–H groups in total. The van der Waals surface area contributed by atoms with E-state index in [1.54, 1.807) is 49.4 Å². The van der Waals surface area contributed by atoms with Crippen LogP contribution in [0, 0.1) is 0 Å². The fourth-order valence-electron chi connectivity index (χ4n) is 4.18. The predicted molar refractivity (Wildman–Crippen MR) is 166 cm³/mol. The number of rotatable bonds is 13. The number of benzene rings is 3. The summed E-state index contributed by atoms with van der Waals surface area (Å²) in [6, 6.07) is 16.3. The number of nitrogens with one attached hydrogen (secondary N) is 1. The molecule has 0 radical (unpaired) electrons. The number of hydrogen-bond acceptors (Lipinski definition) is 4. The highest BCUT2D eigenvalue weighted by Gasteiger charge is 2.34. The molecule has 0 aliphatic carbocycles. The Morgan fingerprint density at radius 1 is 0.878 bits per heavy atom. The number of halogens is 4. The zero-order valence-corrected chi connectivity index (χ0v) is 26.5. The van der Waals surface area contributed by atoms with E-state index in [2.05, 4.69) is 5.32 Å². The third-order valence-corrected chi connectivity index (χ3v) is 9.68. The Kier molecular flexibility index (Phi) is 12.2. The van der Waals surface area contributed by atoms with Crippen molar-refractivity contribution in [2.24, 2.45) is 0 Å². The van der Waals surface area contributed by atoms with Gasteiger partial charge < -0.3 is 10.2 Å². The van der Waals surface area contributed by atoms with Crippen LogP contribution >= 0.6 is 46.4 Å². The molecule has 0 aliphatic heterocycles. The zero-order valence-electron chi connectivity index (χ0n) is 22.6. The Morgan fingerprint density at radius 2 is 1.59 bits per heavy atom. The Morgan fingerprint density at radius 3 is 2.22 bits per heavy atom. The first kappa shape index (κ1) is 33.0. The van der Waals surface area contributed by atoms with Gasteiger partial charge >= 0.3 is 0 Å². The first-order valence-electron chi connectivity index (χ1n) is 13.0. The monoisotopic (exact) mass is 657 g/mol. The Balaban J connectivity index is 2.08. The smallest absolute Gasteiger partial charge is 0.264 e. The lowest BCUT2D eigenvalue weighted by Crippen LogP contribution is -2.52. The highest BCUT2D eigenvalue weighted by Crippen LogP contribution is 2.35. The van der Waals surface area contributed by atoms with Gasteiger partial charge in [-0.2, -0.15) is 0 Å². The van der Waals surface area contributed by atoms with Gasteiger partial charge in [-0.1, -0.05) is 97.0 Å². The summed E-state index contributed by atoms with van der Waals surface area (Å²) in [4.78, 5) is 28.7. The number of unbranched alkanes of at least 4 members (excludes halogenated alkanes) is 1. The van der Waals surface area contributed by atoms with Crippen LogP contribution < -0.4 is 9.62 Å². The molecule has 0 heterocycles. The molecule has 0 aromatic heterocycles. The van der Waals surface area contributed by atoms with Gasteiger partial charge in [-0.25, -0.2) is 8.42 Å². The van der Waals surface area contributed by atoms with E-state index in [9.17, 15) is 18.0 Å². The minimum Gasteiger partial charge on any atom is -0.354 e. The molecule has 3 rings (SSSR count). The van der Waals surface area contributed by atoms with Crippen molar-refractivity contribution >= 4 is 73.9 Å². The lowest BCUT2D eigenvalue weighted by atomic mass is 10.1. The lowest BCUT2D eigenvalue weighted by Gasteiger charge is -2.33. The average Bonchev–Trinajstić information content (AvgIpc) is 2.95. The topological polar surface area (TPSA) is 86.8 Å². The van der Waals surface area contributed by atoms with Crippen LogP contribution in [0.3, 0.4) is 0 Å². The van der Waals surface area contributed by atoms with Gasteiger partial charge in [0.25, 0.3) is 10.0 Å². The molecule has 1 atom stereocenters. The second-order valence-electron chi connectivity index (χ2n) is 9.24. The maximum Gasteiger partial charge on any atom is 0.264 e. The molecular formula is C29H31Cl4N3O4S. The van der Waals surface area contributed by atoms with Gasteiger partial charge in [0.05, 0.1) is 30.7 Å². The number of sulfonamides is 1. The van der Waals surface area contributed by atoms with Crippen LogP contribution in [0.4, 0.5) is 5.69 Å². The zero-order chi connectivity index (χ0) is 30.2. The van der Waals surface area contributed by atoms with Crippen molar-refractivity contribution in [3.8, 4) is 0 Å². The van der Waals surface area contributed by atoms with Crippen LogP contribution in [-0.2, 0) is 26.2 Å². The molecule has 0 aliphatic rings. The summed E-state index contributed by atoms with van der Waals surface area (Å²) in [5, 5.41) is 3.61. The number of carbonyl (C=O) groups excluding carboxylic acids is 2.